The number of phenols is 1. The lowest BCUT2D eigenvalue weighted by atomic mass is 10.0. The Hall–Kier alpha value is -1.60. The number of nitrogens with zero attached hydrogens (tertiary/aromatic N) is 1. The van der Waals surface area contributed by atoms with E-state index in [0.29, 0.717) is 26.0 Å². The number of rotatable bonds is 4. The lowest BCUT2D eigenvalue weighted by Crippen LogP contribution is -1.97. The minimum Gasteiger partial charge on any atom is -0.508 e. The van der Waals surface area contributed by atoms with Crippen LogP contribution < -0.4 is 4.74 Å². The zero-order chi connectivity index (χ0) is 17.3. The van der Waals surface area contributed by atoms with Gasteiger partial charge in [0.05, 0.1) is 13.9 Å². The summed E-state index contributed by atoms with van der Waals surface area (Å²) < 4.78 is 6.71. The average Bonchev–Trinajstić information content (AvgIpc) is 2.45. The predicted octanol–water partition coefficient (Wildman–Crippen LogP) is 6.05. The van der Waals surface area contributed by atoms with Crippen LogP contribution in [0.5, 0.6) is 17.2 Å². The van der Waals surface area contributed by atoms with E-state index in [0.717, 1.165) is 5.56 Å². The van der Waals surface area contributed by atoms with Gasteiger partial charge in [-0.05, 0) is 62.9 Å². The smallest absolute Gasteiger partial charge is 0.287 e. The standard InChI is InChI=1S/C16H15Br2NO4/c1-8(2)11-6-10(4-5-13(11)20)23-14-7-12(17)16(19(21)22)9(3)15(14)18/h4-8,20H,1-3H3. The van der Waals surface area contributed by atoms with Crippen molar-refractivity contribution in [3.05, 3.63) is 54.5 Å². The molecule has 7 heteroatoms. The molecule has 0 spiro atoms. The summed E-state index contributed by atoms with van der Waals surface area (Å²) in [5.74, 6) is 1.37. The van der Waals surface area contributed by atoms with Crippen LogP contribution in [0, 0.1) is 17.0 Å². The van der Waals surface area contributed by atoms with Crippen LogP contribution in [0.2, 0.25) is 0 Å². The largest absolute Gasteiger partial charge is 0.508 e. The molecule has 5 nitrogen and oxygen atoms in total. The highest BCUT2D eigenvalue weighted by Crippen LogP contribution is 2.42. The van der Waals surface area contributed by atoms with Gasteiger partial charge in [-0.15, -0.1) is 0 Å². The van der Waals surface area contributed by atoms with E-state index in [4.69, 9.17) is 4.74 Å². The third kappa shape index (κ3) is 3.67. The van der Waals surface area contributed by atoms with Gasteiger partial charge < -0.3 is 9.84 Å². The molecule has 0 fully saturated rings. The van der Waals surface area contributed by atoms with Crippen LogP contribution in [-0.4, -0.2) is 10.0 Å². The van der Waals surface area contributed by atoms with Gasteiger partial charge in [0.15, 0.2) is 0 Å². The van der Waals surface area contributed by atoms with E-state index in [1.807, 2.05) is 13.8 Å². The Morgan fingerprint density at radius 2 is 1.91 bits per heavy atom. The molecule has 0 aliphatic heterocycles. The number of benzene rings is 2. The molecule has 2 rings (SSSR count). The molecule has 2 aromatic rings. The molecular weight excluding hydrogens is 430 g/mol. The molecule has 0 aromatic heterocycles. The third-order valence-electron chi connectivity index (χ3n) is 3.42. The predicted molar refractivity (Wildman–Crippen MR) is 95.5 cm³/mol. The van der Waals surface area contributed by atoms with Crippen molar-refractivity contribution in [2.45, 2.75) is 26.7 Å². The highest BCUT2D eigenvalue weighted by Gasteiger charge is 2.22. The van der Waals surface area contributed by atoms with Crippen LogP contribution in [0.15, 0.2) is 33.2 Å². The Bertz CT molecular complexity index is 775. The van der Waals surface area contributed by atoms with Crippen LogP contribution in [0.4, 0.5) is 5.69 Å². The number of phenolic OH excluding ortho intramolecular Hbond substituents is 1. The fourth-order valence-corrected chi connectivity index (χ4v) is 3.23. The minimum atomic E-state index is -0.439. The number of aromatic hydroxyl groups is 1. The van der Waals surface area contributed by atoms with Crippen molar-refractivity contribution in [1.29, 1.82) is 0 Å². The first-order valence-electron chi connectivity index (χ1n) is 6.86. The Kier molecular flexibility index (Phi) is 5.31. The second-order valence-electron chi connectivity index (χ2n) is 5.38. The van der Waals surface area contributed by atoms with Crippen molar-refractivity contribution < 1.29 is 14.8 Å². The minimum absolute atomic E-state index is 0.00204. The van der Waals surface area contributed by atoms with Gasteiger partial charge in [0, 0.05) is 17.2 Å². The van der Waals surface area contributed by atoms with Gasteiger partial charge in [-0.25, -0.2) is 0 Å². The van der Waals surface area contributed by atoms with Crippen molar-refractivity contribution >= 4 is 37.5 Å². The number of ether oxygens (including phenoxy) is 1. The summed E-state index contributed by atoms with van der Waals surface area (Å²) in [4.78, 5) is 10.7. The van der Waals surface area contributed by atoms with Gasteiger partial charge in [-0.3, -0.25) is 10.1 Å². The summed E-state index contributed by atoms with van der Waals surface area (Å²) >= 11 is 6.57. The van der Waals surface area contributed by atoms with Crippen molar-refractivity contribution in [3.8, 4) is 17.2 Å². The SMILES string of the molecule is Cc1c(Br)c(Oc2ccc(O)c(C(C)C)c2)cc(Br)c1[N+](=O)[O-]. The molecule has 23 heavy (non-hydrogen) atoms. The summed E-state index contributed by atoms with van der Waals surface area (Å²) in [5.41, 5.74) is 1.25. The first-order valence-corrected chi connectivity index (χ1v) is 8.44. The summed E-state index contributed by atoms with van der Waals surface area (Å²) in [6.07, 6.45) is 0. The molecule has 1 N–H and O–H groups in total. The second kappa shape index (κ2) is 6.88. The van der Waals surface area contributed by atoms with Gasteiger partial charge in [-0.2, -0.15) is 0 Å². The van der Waals surface area contributed by atoms with Gasteiger partial charge in [0.25, 0.3) is 5.69 Å². The molecule has 2 aromatic carbocycles. The van der Waals surface area contributed by atoms with Crippen LogP contribution in [0.25, 0.3) is 0 Å². The topological polar surface area (TPSA) is 72.6 Å². The molecule has 0 aliphatic carbocycles. The molecule has 0 unspecified atom stereocenters. The first kappa shape index (κ1) is 17.7. The molecule has 0 bridgehead atoms. The van der Waals surface area contributed by atoms with E-state index >= 15 is 0 Å². The number of hydrogen-bond donors (Lipinski definition) is 1. The van der Waals surface area contributed by atoms with Crippen LogP contribution in [0.1, 0.15) is 30.9 Å². The molecular formula is C16H15Br2NO4. The fourth-order valence-electron chi connectivity index (χ4n) is 2.20. The van der Waals surface area contributed by atoms with Crippen molar-refractivity contribution in [1.82, 2.24) is 0 Å². The lowest BCUT2D eigenvalue weighted by molar-refractivity contribution is -0.386. The lowest BCUT2D eigenvalue weighted by Gasteiger charge is -2.14. The number of halogens is 2. The maximum Gasteiger partial charge on any atom is 0.287 e. The Labute approximate surface area is 150 Å². The summed E-state index contributed by atoms with van der Waals surface area (Å²) in [6, 6.07) is 6.54. The van der Waals surface area contributed by atoms with E-state index in [2.05, 4.69) is 31.9 Å². The average molecular weight is 445 g/mol. The van der Waals surface area contributed by atoms with E-state index < -0.39 is 4.92 Å². The fraction of sp³-hybridized carbons (Fsp3) is 0.250. The maximum atomic E-state index is 11.1. The molecule has 0 saturated carbocycles. The number of nitro benzene ring substituents is 1. The summed E-state index contributed by atoms with van der Waals surface area (Å²) in [6.45, 7) is 5.60. The Morgan fingerprint density at radius 1 is 1.26 bits per heavy atom. The van der Waals surface area contributed by atoms with Crippen LogP contribution in [-0.2, 0) is 0 Å². The van der Waals surface area contributed by atoms with Gasteiger partial charge in [0.1, 0.15) is 17.2 Å². The summed E-state index contributed by atoms with van der Waals surface area (Å²) in [5, 5.41) is 21.0. The Morgan fingerprint density at radius 3 is 2.48 bits per heavy atom. The normalized spacial score (nSPS) is 10.9. The molecule has 0 aliphatic rings. The highest BCUT2D eigenvalue weighted by molar-refractivity contribution is 9.11. The number of nitro groups is 1. The quantitative estimate of drug-likeness (QED) is 0.460. The van der Waals surface area contributed by atoms with Crippen LogP contribution in [0.3, 0.4) is 0 Å². The molecule has 0 saturated heterocycles. The van der Waals surface area contributed by atoms with E-state index in [1.54, 1.807) is 31.2 Å². The molecule has 0 atom stereocenters. The third-order valence-corrected chi connectivity index (χ3v) is 5.01. The van der Waals surface area contributed by atoms with Gasteiger partial charge in [-0.1, -0.05) is 13.8 Å². The van der Waals surface area contributed by atoms with Gasteiger partial charge in [0.2, 0.25) is 0 Å². The van der Waals surface area contributed by atoms with Crippen molar-refractivity contribution in [3.63, 3.8) is 0 Å². The molecule has 0 amide bonds. The summed E-state index contributed by atoms with van der Waals surface area (Å²) in [7, 11) is 0. The second-order valence-corrected chi connectivity index (χ2v) is 7.03. The van der Waals surface area contributed by atoms with Crippen molar-refractivity contribution in [2.24, 2.45) is 0 Å². The first-order chi connectivity index (χ1) is 10.7. The maximum absolute atomic E-state index is 11.1. The van der Waals surface area contributed by atoms with E-state index in [1.165, 1.54) is 0 Å². The van der Waals surface area contributed by atoms with Crippen LogP contribution >= 0.6 is 31.9 Å². The van der Waals surface area contributed by atoms with Crippen molar-refractivity contribution in [2.75, 3.05) is 0 Å². The Balaban J connectivity index is 2.46. The zero-order valence-corrected chi connectivity index (χ0v) is 15.9. The molecule has 0 heterocycles. The van der Waals surface area contributed by atoms with Gasteiger partial charge >= 0.3 is 0 Å². The number of hydrogen-bond acceptors (Lipinski definition) is 4. The monoisotopic (exact) mass is 443 g/mol. The highest BCUT2D eigenvalue weighted by atomic mass is 79.9. The molecule has 122 valence electrons. The van der Waals surface area contributed by atoms with E-state index in [-0.39, 0.29) is 17.4 Å². The van der Waals surface area contributed by atoms with E-state index in [9.17, 15) is 15.2 Å². The zero-order valence-electron chi connectivity index (χ0n) is 12.8. The molecule has 0 radical (unpaired) electrons.